The summed E-state index contributed by atoms with van der Waals surface area (Å²) in [5.41, 5.74) is -0.205. The van der Waals surface area contributed by atoms with Crippen LogP contribution in [0.4, 0.5) is 29.3 Å². The molecule has 2 aliphatic heterocycles. The summed E-state index contributed by atoms with van der Waals surface area (Å²) in [5.74, 6) is 2.03. The lowest BCUT2D eigenvalue weighted by atomic mass is 10.1. The Morgan fingerprint density at radius 1 is 0.935 bits per heavy atom. The zero-order valence-corrected chi connectivity index (χ0v) is 25.1. The lowest BCUT2D eigenvalue weighted by molar-refractivity contribution is -0.137. The molecule has 3 heterocycles. The Kier molecular flexibility index (Phi) is 9.47. The third-order valence-electron chi connectivity index (χ3n) is 7.18. The van der Waals surface area contributed by atoms with Crippen molar-refractivity contribution < 1.29 is 41.7 Å². The van der Waals surface area contributed by atoms with Crippen molar-refractivity contribution in [2.75, 3.05) is 63.3 Å². The Morgan fingerprint density at radius 3 is 2.41 bits per heavy atom. The highest BCUT2D eigenvalue weighted by atomic mass is 35.5. The minimum absolute atomic E-state index is 0.0686. The van der Waals surface area contributed by atoms with Crippen molar-refractivity contribution in [1.82, 2.24) is 14.9 Å². The number of benzene rings is 3. The maximum absolute atomic E-state index is 13.2. The second kappa shape index (κ2) is 13.8. The predicted molar refractivity (Wildman–Crippen MR) is 164 cm³/mol. The van der Waals surface area contributed by atoms with Crippen LogP contribution in [0.1, 0.15) is 12.0 Å². The number of hydrogen-bond acceptors (Lipinski definition) is 9. The van der Waals surface area contributed by atoms with Gasteiger partial charge in [-0.1, -0.05) is 11.6 Å². The van der Waals surface area contributed by atoms with Gasteiger partial charge in [0, 0.05) is 37.1 Å². The van der Waals surface area contributed by atoms with E-state index < -0.39 is 22.8 Å². The molecule has 6 rings (SSSR count). The number of anilines is 2. The molecule has 0 spiro atoms. The van der Waals surface area contributed by atoms with Crippen LogP contribution in [0.25, 0.3) is 10.9 Å². The fourth-order valence-electron chi connectivity index (χ4n) is 4.99. The molecular formula is C31H29ClF3N5O6. The van der Waals surface area contributed by atoms with Crippen molar-refractivity contribution >= 4 is 39.9 Å². The molecule has 11 nitrogen and oxygen atoms in total. The maximum Gasteiger partial charge on any atom is 0.417 e. The van der Waals surface area contributed by atoms with Gasteiger partial charge in [-0.2, -0.15) is 13.2 Å². The molecular weight excluding hydrogens is 631 g/mol. The minimum Gasteiger partial charge on any atom is -0.489 e. The van der Waals surface area contributed by atoms with E-state index in [0.29, 0.717) is 59.4 Å². The smallest absolute Gasteiger partial charge is 0.417 e. The summed E-state index contributed by atoms with van der Waals surface area (Å²) in [6.07, 6.45) is -2.45. The van der Waals surface area contributed by atoms with E-state index in [2.05, 4.69) is 25.5 Å². The Labute approximate surface area is 266 Å². The fraction of sp³-hybridized carbons (Fsp3) is 0.323. The van der Waals surface area contributed by atoms with E-state index in [9.17, 15) is 18.0 Å². The van der Waals surface area contributed by atoms with Gasteiger partial charge in [0.1, 0.15) is 30.7 Å². The van der Waals surface area contributed by atoms with Gasteiger partial charge in [0.05, 0.1) is 35.9 Å². The van der Waals surface area contributed by atoms with Crippen molar-refractivity contribution in [3.05, 3.63) is 65.4 Å². The Bertz CT molecular complexity index is 1700. The van der Waals surface area contributed by atoms with Gasteiger partial charge in [-0.15, -0.1) is 0 Å². The summed E-state index contributed by atoms with van der Waals surface area (Å²) >= 11 is 5.65. The van der Waals surface area contributed by atoms with Crippen LogP contribution in [0.5, 0.6) is 28.9 Å². The van der Waals surface area contributed by atoms with Gasteiger partial charge in [0.2, 0.25) is 11.6 Å². The zero-order chi connectivity index (χ0) is 32.1. The zero-order valence-electron chi connectivity index (χ0n) is 24.4. The lowest BCUT2D eigenvalue weighted by Crippen LogP contribution is -2.37. The molecule has 2 N–H and O–H groups in total. The van der Waals surface area contributed by atoms with Gasteiger partial charge in [-0.05, 0) is 48.9 Å². The van der Waals surface area contributed by atoms with Crippen LogP contribution in [0, 0.1) is 0 Å². The Hall–Kier alpha value is -4.53. The molecule has 242 valence electrons. The number of morpholine rings is 1. The molecule has 1 fully saturated rings. The number of urea groups is 1. The van der Waals surface area contributed by atoms with E-state index in [4.69, 9.17) is 35.3 Å². The van der Waals surface area contributed by atoms with Gasteiger partial charge >= 0.3 is 12.2 Å². The Morgan fingerprint density at radius 2 is 1.65 bits per heavy atom. The number of nitrogens with one attached hydrogen (secondary N) is 2. The number of nitrogens with zero attached hydrogens (tertiary/aromatic N) is 3. The average molecular weight is 660 g/mol. The van der Waals surface area contributed by atoms with Crippen molar-refractivity contribution in [1.29, 1.82) is 0 Å². The van der Waals surface area contributed by atoms with Crippen LogP contribution in [-0.4, -0.2) is 73.6 Å². The van der Waals surface area contributed by atoms with Crippen molar-refractivity contribution in [3.8, 4) is 28.9 Å². The highest BCUT2D eigenvalue weighted by molar-refractivity contribution is 6.31. The summed E-state index contributed by atoms with van der Waals surface area (Å²) < 4.78 is 69.0. The third kappa shape index (κ3) is 7.46. The molecule has 0 unspecified atom stereocenters. The summed E-state index contributed by atoms with van der Waals surface area (Å²) in [4.78, 5) is 23.5. The van der Waals surface area contributed by atoms with E-state index >= 15 is 0 Å². The number of aromatic nitrogens is 2. The number of rotatable bonds is 9. The molecule has 0 saturated carbocycles. The molecule has 46 heavy (non-hydrogen) atoms. The van der Waals surface area contributed by atoms with E-state index in [1.165, 1.54) is 12.4 Å². The summed E-state index contributed by atoms with van der Waals surface area (Å²) in [6.45, 7) is 5.39. The van der Waals surface area contributed by atoms with Crippen LogP contribution < -0.4 is 29.6 Å². The molecule has 0 bridgehead atoms. The normalized spacial score (nSPS) is 15.0. The largest absolute Gasteiger partial charge is 0.489 e. The molecule has 1 saturated heterocycles. The SMILES string of the molecule is O=C(Nc1ccc(Oc2ncnc3cc(OCCCN4CCOCC4)c4c(c23)OCCO4)cc1)Nc1ccc(Cl)c(C(F)(F)F)c1. The van der Waals surface area contributed by atoms with Gasteiger partial charge in [0.25, 0.3) is 0 Å². The Balaban J connectivity index is 1.12. The molecule has 15 heteroatoms. The predicted octanol–water partition coefficient (Wildman–Crippen LogP) is 6.61. The first-order valence-electron chi connectivity index (χ1n) is 14.5. The van der Waals surface area contributed by atoms with Gasteiger partial charge < -0.3 is 34.3 Å². The molecule has 0 aliphatic carbocycles. The summed E-state index contributed by atoms with van der Waals surface area (Å²) in [7, 11) is 0. The maximum atomic E-state index is 13.2. The fourth-order valence-corrected chi connectivity index (χ4v) is 5.22. The van der Waals surface area contributed by atoms with Crippen LogP contribution in [-0.2, 0) is 10.9 Å². The summed E-state index contributed by atoms with van der Waals surface area (Å²) in [5, 5.41) is 4.99. The van der Waals surface area contributed by atoms with Crippen molar-refractivity contribution in [2.45, 2.75) is 12.6 Å². The number of halogens is 4. The molecule has 0 radical (unpaired) electrons. The first-order valence-corrected chi connectivity index (χ1v) is 14.9. The van der Waals surface area contributed by atoms with Crippen molar-refractivity contribution in [2.24, 2.45) is 0 Å². The average Bonchev–Trinajstić information content (AvgIpc) is 3.05. The number of fused-ring (bicyclic) bond motifs is 3. The van der Waals surface area contributed by atoms with Gasteiger partial charge in [-0.3, -0.25) is 4.90 Å². The third-order valence-corrected chi connectivity index (χ3v) is 7.51. The molecule has 2 aliphatic rings. The van der Waals surface area contributed by atoms with E-state index in [-0.39, 0.29) is 11.6 Å². The highest BCUT2D eigenvalue weighted by Gasteiger charge is 2.33. The number of hydrogen-bond donors (Lipinski definition) is 2. The second-order valence-electron chi connectivity index (χ2n) is 10.4. The number of amides is 2. The van der Waals surface area contributed by atoms with Gasteiger partial charge in [0.15, 0.2) is 11.5 Å². The van der Waals surface area contributed by atoms with Gasteiger partial charge in [-0.25, -0.2) is 14.8 Å². The number of alkyl halides is 3. The topological polar surface area (TPSA) is 116 Å². The quantitative estimate of drug-likeness (QED) is 0.192. The van der Waals surface area contributed by atoms with E-state index in [0.717, 1.165) is 51.4 Å². The van der Waals surface area contributed by atoms with Crippen LogP contribution >= 0.6 is 11.6 Å². The van der Waals surface area contributed by atoms with Crippen LogP contribution in [0.15, 0.2) is 54.9 Å². The minimum atomic E-state index is -4.66. The number of carbonyl (C=O) groups excluding carboxylic acids is 1. The van der Waals surface area contributed by atoms with E-state index in [1.54, 1.807) is 30.3 Å². The van der Waals surface area contributed by atoms with Crippen molar-refractivity contribution in [3.63, 3.8) is 0 Å². The lowest BCUT2D eigenvalue weighted by Gasteiger charge is -2.26. The molecule has 2 amide bonds. The molecule has 0 atom stereocenters. The number of carbonyl (C=O) groups is 1. The summed E-state index contributed by atoms with van der Waals surface area (Å²) in [6, 6.07) is 10.5. The van der Waals surface area contributed by atoms with Crippen LogP contribution in [0.3, 0.4) is 0 Å². The molecule has 1 aromatic heterocycles. The van der Waals surface area contributed by atoms with Crippen LogP contribution in [0.2, 0.25) is 5.02 Å². The standard InChI is InChI=1S/C31H29ClF3N5O6/c32-23-7-4-20(16-22(23)31(33,34)35)39-30(41)38-19-2-5-21(6-3-19)46-29-26-24(36-18-37-29)17-25(27-28(26)45-15-14-44-27)43-11-1-8-40-9-12-42-13-10-40/h2-7,16-18H,1,8-15H2,(H2,38,39,41). The first-order chi connectivity index (χ1) is 22.2. The second-order valence-corrected chi connectivity index (χ2v) is 10.8. The molecule has 3 aromatic carbocycles. The number of ether oxygens (including phenoxy) is 5. The monoisotopic (exact) mass is 659 g/mol. The van der Waals surface area contributed by atoms with E-state index in [1.807, 2.05) is 0 Å². The molecule has 4 aromatic rings. The first kappa shape index (κ1) is 31.5. The highest BCUT2D eigenvalue weighted by Crippen LogP contribution is 2.48.